The Morgan fingerprint density at radius 1 is 0.860 bits per heavy atom. The number of nitrogens with zero attached hydrogens (tertiary/aromatic N) is 2. The predicted molar refractivity (Wildman–Crippen MR) is 175 cm³/mol. The van der Waals surface area contributed by atoms with Crippen molar-refractivity contribution in [1.29, 1.82) is 0 Å². The topological polar surface area (TPSA) is 20.9 Å². The van der Waals surface area contributed by atoms with Gasteiger partial charge >= 0.3 is 0 Å². The molecule has 0 spiro atoms. The van der Waals surface area contributed by atoms with Crippen LogP contribution in [0.3, 0.4) is 0 Å². The number of aryl methyl sites for hydroxylation is 3. The highest BCUT2D eigenvalue weighted by molar-refractivity contribution is 6.10. The zero-order chi connectivity index (χ0) is 29.4. The fourth-order valence-corrected chi connectivity index (χ4v) is 7.65. The molecular weight excluding hydrogens is 524 g/mol. The number of benzene rings is 3. The second-order valence-corrected chi connectivity index (χ2v) is 13.0. The maximum absolute atomic E-state index is 6.81. The first-order valence-electron chi connectivity index (χ1n) is 15.7. The van der Waals surface area contributed by atoms with Gasteiger partial charge in [0.2, 0.25) is 11.4 Å². The van der Waals surface area contributed by atoms with Crippen molar-refractivity contribution < 1.29 is 13.6 Å². The summed E-state index contributed by atoms with van der Waals surface area (Å²) >= 11 is 0. The maximum Gasteiger partial charge on any atom is 0.222 e. The second-order valence-electron chi connectivity index (χ2n) is 13.0. The van der Waals surface area contributed by atoms with Gasteiger partial charge in [0.05, 0.1) is 12.0 Å². The van der Waals surface area contributed by atoms with Crippen molar-refractivity contribution in [2.24, 2.45) is 0 Å². The number of hydrogen-bond donors (Lipinski definition) is 0. The molecule has 0 saturated heterocycles. The average molecular weight is 563 g/mol. The SMILES string of the molecule is C=C1CC2C(CCc3ccc4c(oc5cc(C(C)C)ccc54)c3-c3ccc(C)c[n+]31)c1cc(C)ccc1-c1cccc[n+]12. The van der Waals surface area contributed by atoms with Gasteiger partial charge in [-0.15, -0.1) is 0 Å². The van der Waals surface area contributed by atoms with E-state index < -0.39 is 0 Å². The largest absolute Gasteiger partial charge is 0.455 e. The smallest absolute Gasteiger partial charge is 0.222 e. The molecule has 0 saturated carbocycles. The van der Waals surface area contributed by atoms with Crippen LogP contribution in [-0.4, -0.2) is 0 Å². The molecule has 2 unspecified atom stereocenters. The van der Waals surface area contributed by atoms with Crippen molar-refractivity contribution in [1.82, 2.24) is 0 Å². The lowest BCUT2D eigenvalue weighted by molar-refractivity contribution is -0.720. The quantitative estimate of drug-likeness (QED) is 0.183. The first kappa shape index (κ1) is 26.2. The summed E-state index contributed by atoms with van der Waals surface area (Å²) in [6.07, 6.45) is 7.42. The van der Waals surface area contributed by atoms with Gasteiger partial charge in [-0.1, -0.05) is 55.8 Å². The highest BCUT2D eigenvalue weighted by atomic mass is 16.3. The molecule has 212 valence electrons. The zero-order valence-corrected chi connectivity index (χ0v) is 25.5. The van der Waals surface area contributed by atoms with Crippen LogP contribution in [-0.2, 0) is 6.42 Å². The van der Waals surface area contributed by atoms with Crippen LogP contribution in [0.2, 0.25) is 0 Å². The Balaban J connectivity index is 1.38. The van der Waals surface area contributed by atoms with Crippen molar-refractivity contribution in [3.63, 3.8) is 0 Å². The van der Waals surface area contributed by atoms with Crippen LogP contribution in [0.1, 0.15) is 72.4 Å². The van der Waals surface area contributed by atoms with E-state index in [1.165, 1.54) is 55.4 Å². The third-order valence-electron chi connectivity index (χ3n) is 9.88. The van der Waals surface area contributed by atoms with Gasteiger partial charge in [-0.3, -0.25) is 0 Å². The summed E-state index contributed by atoms with van der Waals surface area (Å²) in [6, 6.07) is 29.8. The number of rotatable bonds is 1. The molecule has 2 atom stereocenters. The molecule has 0 aliphatic carbocycles. The summed E-state index contributed by atoms with van der Waals surface area (Å²) in [6.45, 7) is 13.6. The normalized spacial score (nSPS) is 17.7. The molecule has 5 heterocycles. The van der Waals surface area contributed by atoms with Gasteiger partial charge in [0.25, 0.3) is 0 Å². The molecule has 43 heavy (non-hydrogen) atoms. The highest BCUT2D eigenvalue weighted by Gasteiger charge is 2.42. The number of hydrogen-bond acceptors (Lipinski definition) is 1. The number of aromatic nitrogens is 2. The lowest BCUT2D eigenvalue weighted by atomic mass is 9.77. The molecule has 3 heteroatoms. The van der Waals surface area contributed by atoms with Crippen LogP contribution in [0.15, 0.2) is 102 Å². The summed E-state index contributed by atoms with van der Waals surface area (Å²) in [5.41, 5.74) is 14.7. The van der Waals surface area contributed by atoms with E-state index in [2.05, 4.69) is 128 Å². The Labute approximate surface area is 253 Å². The van der Waals surface area contributed by atoms with E-state index in [1.807, 2.05) is 0 Å². The Bertz CT molecular complexity index is 2100. The van der Waals surface area contributed by atoms with Gasteiger partial charge in [-0.25, -0.2) is 0 Å². The molecule has 8 rings (SSSR count). The monoisotopic (exact) mass is 562 g/mol. The number of allylic oxidation sites excluding steroid dienone is 1. The van der Waals surface area contributed by atoms with Crippen molar-refractivity contribution in [3.8, 4) is 22.5 Å². The molecule has 0 radical (unpaired) electrons. The van der Waals surface area contributed by atoms with Crippen molar-refractivity contribution in [3.05, 3.63) is 126 Å². The van der Waals surface area contributed by atoms with E-state index >= 15 is 0 Å². The number of pyridine rings is 2. The molecule has 3 aromatic heterocycles. The van der Waals surface area contributed by atoms with Crippen LogP contribution >= 0.6 is 0 Å². The third-order valence-corrected chi connectivity index (χ3v) is 9.88. The minimum absolute atomic E-state index is 0.282. The fourth-order valence-electron chi connectivity index (χ4n) is 7.65. The molecule has 0 N–H and O–H groups in total. The summed E-state index contributed by atoms with van der Waals surface area (Å²) < 4.78 is 11.7. The Hall–Kier alpha value is -4.50. The molecule has 0 amide bonds. The summed E-state index contributed by atoms with van der Waals surface area (Å²) in [5, 5.41) is 2.36. The minimum Gasteiger partial charge on any atom is -0.455 e. The molecule has 2 aliphatic rings. The van der Waals surface area contributed by atoms with Crippen LogP contribution in [0.25, 0.3) is 50.2 Å². The van der Waals surface area contributed by atoms with E-state index in [0.717, 1.165) is 41.8 Å². The van der Waals surface area contributed by atoms with Crippen molar-refractivity contribution in [2.45, 2.75) is 64.8 Å². The molecule has 3 nitrogen and oxygen atoms in total. The van der Waals surface area contributed by atoms with Crippen LogP contribution in [0.5, 0.6) is 0 Å². The minimum atomic E-state index is 0.282. The number of furan rings is 1. The van der Waals surface area contributed by atoms with Gasteiger partial charge in [-0.05, 0) is 80.1 Å². The molecule has 6 aromatic rings. The molecule has 0 bridgehead atoms. The summed E-state index contributed by atoms with van der Waals surface area (Å²) in [7, 11) is 0. The van der Waals surface area contributed by atoms with Crippen LogP contribution < -0.4 is 9.13 Å². The first-order chi connectivity index (χ1) is 20.9. The van der Waals surface area contributed by atoms with Gasteiger partial charge in [0.15, 0.2) is 24.1 Å². The van der Waals surface area contributed by atoms with Crippen molar-refractivity contribution >= 4 is 27.6 Å². The Morgan fingerprint density at radius 3 is 2.56 bits per heavy atom. The zero-order valence-electron chi connectivity index (χ0n) is 25.5. The van der Waals surface area contributed by atoms with Crippen LogP contribution in [0, 0.1) is 13.8 Å². The van der Waals surface area contributed by atoms with Gasteiger partial charge in [0, 0.05) is 46.0 Å². The maximum atomic E-state index is 6.81. The molecule has 2 aliphatic heterocycles. The van der Waals surface area contributed by atoms with Gasteiger partial charge < -0.3 is 4.42 Å². The Morgan fingerprint density at radius 2 is 1.70 bits per heavy atom. The van der Waals surface area contributed by atoms with E-state index in [-0.39, 0.29) is 6.04 Å². The third kappa shape index (κ3) is 4.09. The summed E-state index contributed by atoms with van der Waals surface area (Å²) in [5.74, 6) is 0.817. The highest BCUT2D eigenvalue weighted by Crippen LogP contribution is 2.46. The average Bonchev–Trinajstić information content (AvgIpc) is 3.38. The van der Waals surface area contributed by atoms with Gasteiger partial charge in [0.1, 0.15) is 11.2 Å². The van der Waals surface area contributed by atoms with Crippen molar-refractivity contribution in [2.75, 3.05) is 0 Å². The first-order valence-corrected chi connectivity index (χ1v) is 15.7. The van der Waals surface area contributed by atoms with E-state index in [4.69, 9.17) is 11.0 Å². The van der Waals surface area contributed by atoms with E-state index in [0.29, 0.717) is 11.8 Å². The standard InChI is InChI=1S/C40H38N2O/c1-24(2)29-13-16-32-33-17-12-28-11-15-31-34-20-25(3)9-14-30(34)35-8-6-7-19-41(35)37(31)21-27(5)42-23-26(4)10-18-36(42)39(28)40(33)43-38(32)22-29/h6-10,12-14,16-20,22-24,31,37H,5,11,15,21H2,1-4H3/q+2. The Kier molecular flexibility index (Phi) is 5.94. The van der Waals surface area contributed by atoms with Crippen LogP contribution in [0.4, 0.5) is 0 Å². The predicted octanol–water partition coefficient (Wildman–Crippen LogP) is 9.38. The van der Waals surface area contributed by atoms with E-state index in [9.17, 15) is 0 Å². The second kappa shape index (κ2) is 9.77. The summed E-state index contributed by atoms with van der Waals surface area (Å²) in [4.78, 5) is 0. The van der Waals surface area contributed by atoms with Gasteiger partial charge in [-0.2, -0.15) is 9.13 Å². The molecule has 3 aromatic carbocycles. The fraction of sp³-hybridized carbons (Fsp3) is 0.250. The lowest BCUT2D eigenvalue weighted by Crippen LogP contribution is -2.49. The number of fused-ring (bicyclic) bond motifs is 13. The molecular formula is C40H38N2O+2. The van der Waals surface area contributed by atoms with E-state index in [1.54, 1.807) is 0 Å². The molecule has 0 fully saturated rings. The lowest BCUT2D eigenvalue weighted by Gasteiger charge is -2.31.